The summed E-state index contributed by atoms with van der Waals surface area (Å²) >= 11 is 0. The Hall–Kier alpha value is -3.85. The van der Waals surface area contributed by atoms with Crippen molar-refractivity contribution in [1.29, 1.82) is 5.26 Å². The van der Waals surface area contributed by atoms with Crippen molar-refractivity contribution in [2.24, 2.45) is 7.05 Å². The van der Waals surface area contributed by atoms with E-state index in [-0.39, 0.29) is 5.92 Å². The molecular weight excluding hydrogens is 376 g/mol. The summed E-state index contributed by atoms with van der Waals surface area (Å²) in [6.07, 6.45) is 6.00. The number of hydrogen-bond donors (Lipinski definition) is 0. The number of nitrogens with zero attached hydrogens (tertiary/aromatic N) is 4. The Morgan fingerprint density at radius 3 is 2.37 bits per heavy atom. The Kier molecular flexibility index (Phi) is 5.36. The largest absolute Gasteiger partial charge is 0.497 e. The van der Waals surface area contributed by atoms with Crippen molar-refractivity contribution in [3.05, 3.63) is 72.2 Å². The van der Waals surface area contributed by atoms with Crippen LogP contribution in [0.15, 0.2) is 61.1 Å². The van der Waals surface area contributed by atoms with Crippen LogP contribution in [0.4, 0.5) is 0 Å². The van der Waals surface area contributed by atoms with Gasteiger partial charge in [0.05, 0.1) is 32.0 Å². The van der Waals surface area contributed by atoms with Gasteiger partial charge in [-0.3, -0.25) is 9.67 Å². The van der Waals surface area contributed by atoms with E-state index in [1.165, 1.54) is 0 Å². The zero-order valence-corrected chi connectivity index (χ0v) is 17.2. The zero-order chi connectivity index (χ0) is 21.1. The smallest absolute Gasteiger partial charge is 0.122 e. The van der Waals surface area contributed by atoms with Crippen LogP contribution in [0.2, 0.25) is 0 Å². The maximum absolute atomic E-state index is 9.49. The van der Waals surface area contributed by atoms with Gasteiger partial charge in [0.1, 0.15) is 11.5 Å². The first-order valence-electron chi connectivity index (χ1n) is 9.60. The molecule has 0 N–H and O–H groups in total. The molecule has 2 heterocycles. The van der Waals surface area contributed by atoms with Gasteiger partial charge in [-0.1, -0.05) is 6.07 Å². The lowest BCUT2D eigenvalue weighted by Crippen LogP contribution is -2.02. The molecule has 2 aromatic carbocycles. The molecule has 0 radical (unpaired) electrons. The fraction of sp³-hybridized carbons (Fsp3) is 0.208. The molecule has 6 nitrogen and oxygen atoms in total. The van der Waals surface area contributed by atoms with Crippen molar-refractivity contribution in [2.75, 3.05) is 14.2 Å². The van der Waals surface area contributed by atoms with Gasteiger partial charge in [0.15, 0.2) is 0 Å². The van der Waals surface area contributed by atoms with E-state index in [1.54, 1.807) is 18.9 Å². The molecule has 0 spiro atoms. The highest BCUT2D eigenvalue weighted by atomic mass is 16.5. The summed E-state index contributed by atoms with van der Waals surface area (Å²) in [5, 5.41) is 14.8. The van der Waals surface area contributed by atoms with E-state index in [0.29, 0.717) is 17.9 Å². The number of hydrogen-bond acceptors (Lipinski definition) is 5. The number of nitriles is 1. The van der Waals surface area contributed by atoms with E-state index in [1.807, 2.05) is 56.0 Å². The fourth-order valence-corrected chi connectivity index (χ4v) is 3.65. The Morgan fingerprint density at radius 2 is 1.73 bits per heavy atom. The minimum Gasteiger partial charge on any atom is -0.497 e. The second kappa shape index (κ2) is 8.26. The van der Waals surface area contributed by atoms with Gasteiger partial charge in [-0.15, -0.1) is 0 Å². The maximum atomic E-state index is 9.49. The standard InChI is InChI=1S/C24H22N4O2/c1-28-15-20(14-27-28)19-9-18-8-16(4-5-24(18)26-13-19)23(6-7-25)17-10-21(29-2)12-22(11-17)30-3/h4-5,8-15,23H,6H2,1-3H3. The predicted molar refractivity (Wildman–Crippen MR) is 116 cm³/mol. The van der Waals surface area contributed by atoms with Gasteiger partial charge in [0, 0.05) is 54.4 Å². The third-order valence-electron chi connectivity index (χ3n) is 5.22. The quantitative estimate of drug-likeness (QED) is 0.471. The van der Waals surface area contributed by atoms with Crippen LogP contribution in [-0.2, 0) is 7.05 Å². The molecule has 1 atom stereocenters. The minimum atomic E-state index is -0.106. The van der Waals surface area contributed by atoms with Gasteiger partial charge in [0.25, 0.3) is 0 Å². The first-order valence-corrected chi connectivity index (χ1v) is 9.60. The molecule has 1 unspecified atom stereocenters. The van der Waals surface area contributed by atoms with Crippen molar-refractivity contribution in [3.63, 3.8) is 0 Å². The minimum absolute atomic E-state index is 0.106. The molecule has 6 heteroatoms. The van der Waals surface area contributed by atoms with Crippen LogP contribution in [0.1, 0.15) is 23.5 Å². The average Bonchev–Trinajstić information content (AvgIpc) is 3.22. The number of methoxy groups -OCH3 is 2. The van der Waals surface area contributed by atoms with E-state index in [4.69, 9.17) is 9.47 Å². The normalized spacial score (nSPS) is 11.8. The van der Waals surface area contributed by atoms with Crippen molar-refractivity contribution in [1.82, 2.24) is 14.8 Å². The van der Waals surface area contributed by atoms with Crippen molar-refractivity contribution in [3.8, 4) is 28.7 Å². The molecule has 30 heavy (non-hydrogen) atoms. The maximum Gasteiger partial charge on any atom is 0.122 e. The first-order chi connectivity index (χ1) is 14.6. The molecular formula is C24H22N4O2. The number of rotatable bonds is 6. The topological polar surface area (TPSA) is 73.0 Å². The summed E-state index contributed by atoms with van der Waals surface area (Å²) in [6, 6.07) is 16.3. The van der Waals surface area contributed by atoms with E-state index < -0.39 is 0 Å². The molecule has 0 fully saturated rings. The molecule has 0 aliphatic rings. The third kappa shape index (κ3) is 3.83. The Balaban J connectivity index is 1.80. The summed E-state index contributed by atoms with van der Waals surface area (Å²) in [7, 11) is 5.14. The number of fused-ring (bicyclic) bond motifs is 1. The fourth-order valence-electron chi connectivity index (χ4n) is 3.65. The van der Waals surface area contributed by atoms with Crippen LogP contribution >= 0.6 is 0 Å². The summed E-state index contributed by atoms with van der Waals surface area (Å²) < 4.78 is 12.6. The highest BCUT2D eigenvalue weighted by Crippen LogP contribution is 2.35. The number of aryl methyl sites for hydroxylation is 1. The highest BCUT2D eigenvalue weighted by Gasteiger charge is 2.17. The highest BCUT2D eigenvalue weighted by molar-refractivity contribution is 5.84. The molecule has 4 aromatic rings. The van der Waals surface area contributed by atoms with Crippen LogP contribution in [0.5, 0.6) is 11.5 Å². The molecule has 2 aromatic heterocycles. The monoisotopic (exact) mass is 398 g/mol. The lowest BCUT2D eigenvalue weighted by Gasteiger charge is -2.18. The van der Waals surface area contributed by atoms with Crippen molar-refractivity contribution < 1.29 is 9.47 Å². The van der Waals surface area contributed by atoms with Gasteiger partial charge in [-0.25, -0.2) is 0 Å². The van der Waals surface area contributed by atoms with Crippen LogP contribution in [0.3, 0.4) is 0 Å². The lowest BCUT2D eigenvalue weighted by molar-refractivity contribution is 0.393. The second-order valence-corrected chi connectivity index (χ2v) is 7.14. The molecule has 0 bridgehead atoms. The van der Waals surface area contributed by atoms with Crippen LogP contribution in [0, 0.1) is 11.3 Å². The van der Waals surface area contributed by atoms with Gasteiger partial charge >= 0.3 is 0 Å². The molecule has 0 aliphatic heterocycles. The second-order valence-electron chi connectivity index (χ2n) is 7.14. The Morgan fingerprint density at radius 1 is 0.967 bits per heavy atom. The van der Waals surface area contributed by atoms with Gasteiger partial charge in [-0.2, -0.15) is 10.4 Å². The first kappa shape index (κ1) is 19.5. The van der Waals surface area contributed by atoms with Gasteiger partial charge in [0.2, 0.25) is 0 Å². The Bertz CT molecular complexity index is 1220. The number of benzene rings is 2. The third-order valence-corrected chi connectivity index (χ3v) is 5.22. The summed E-state index contributed by atoms with van der Waals surface area (Å²) in [5.74, 6) is 1.30. The van der Waals surface area contributed by atoms with Crippen LogP contribution in [0.25, 0.3) is 22.0 Å². The summed E-state index contributed by atoms with van der Waals surface area (Å²) in [6.45, 7) is 0. The number of pyridine rings is 1. The molecule has 0 amide bonds. The van der Waals surface area contributed by atoms with Gasteiger partial charge < -0.3 is 9.47 Å². The lowest BCUT2D eigenvalue weighted by atomic mass is 9.88. The van der Waals surface area contributed by atoms with Crippen molar-refractivity contribution in [2.45, 2.75) is 12.3 Å². The predicted octanol–water partition coefficient (Wildman–Crippen LogP) is 4.70. The SMILES string of the molecule is COc1cc(OC)cc(C(CC#N)c2ccc3ncc(-c4cnn(C)c4)cc3c2)c1. The number of aromatic nitrogens is 3. The van der Waals surface area contributed by atoms with E-state index in [9.17, 15) is 5.26 Å². The molecule has 0 saturated heterocycles. The van der Waals surface area contributed by atoms with E-state index >= 15 is 0 Å². The summed E-state index contributed by atoms with van der Waals surface area (Å²) in [5.41, 5.74) is 4.95. The van der Waals surface area contributed by atoms with E-state index in [2.05, 4.69) is 28.3 Å². The zero-order valence-electron chi connectivity index (χ0n) is 17.2. The number of ether oxygens (including phenoxy) is 2. The molecule has 150 valence electrons. The molecule has 4 rings (SSSR count). The Labute approximate surface area is 175 Å². The average molecular weight is 398 g/mol. The van der Waals surface area contributed by atoms with Gasteiger partial charge in [-0.05, 0) is 41.5 Å². The molecule has 0 saturated carbocycles. The molecule has 0 aliphatic carbocycles. The van der Waals surface area contributed by atoms with E-state index in [0.717, 1.165) is 33.2 Å². The van der Waals surface area contributed by atoms with Crippen LogP contribution < -0.4 is 9.47 Å². The summed E-state index contributed by atoms with van der Waals surface area (Å²) in [4.78, 5) is 4.60. The van der Waals surface area contributed by atoms with Crippen LogP contribution in [-0.4, -0.2) is 29.0 Å². The van der Waals surface area contributed by atoms with Crippen molar-refractivity contribution >= 4 is 10.9 Å².